The Morgan fingerprint density at radius 3 is 2.61 bits per heavy atom. The fraction of sp³-hybridized carbons (Fsp3) is 0.0556. The molecule has 2 aromatic carbocycles. The van der Waals surface area contributed by atoms with Crippen molar-refractivity contribution in [3.8, 4) is 0 Å². The van der Waals surface area contributed by atoms with Gasteiger partial charge in [0.05, 0.1) is 22.1 Å². The second-order valence-electron chi connectivity index (χ2n) is 4.97. The molecule has 0 fully saturated rings. The molecule has 0 aliphatic rings. The number of carbonyl (C=O) groups excluding carboxylic acids is 1. The summed E-state index contributed by atoms with van der Waals surface area (Å²) in [5, 5.41) is 6.55. The number of hydrogen-bond acceptors (Lipinski definition) is 3. The summed E-state index contributed by atoms with van der Waals surface area (Å²) in [7, 11) is -1.10. The van der Waals surface area contributed by atoms with Crippen LogP contribution in [0.15, 0.2) is 76.3 Å². The summed E-state index contributed by atoms with van der Waals surface area (Å²) in [6, 6.07) is 18.6. The van der Waals surface area contributed by atoms with Crippen LogP contribution in [0, 0.1) is 0 Å². The zero-order valence-corrected chi connectivity index (χ0v) is 13.9. The first-order chi connectivity index (χ1) is 11.2. The van der Waals surface area contributed by atoms with E-state index in [1.165, 1.54) is 11.3 Å². The van der Waals surface area contributed by atoms with Gasteiger partial charge < -0.3 is 5.32 Å². The van der Waals surface area contributed by atoms with Gasteiger partial charge in [0.15, 0.2) is 0 Å². The monoisotopic (exact) mass is 341 g/mol. The van der Waals surface area contributed by atoms with E-state index < -0.39 is 10.8 Å². The molecule has 0 bridgehead atoms. The molecule has 0 spiro atoms. The van der Waals surface area contributed by atoms with E-state index in [4.69, 9.17) is 0 Å². The van der Waals surface area contributed by atoms with Gasteiger partial charge in [-0.3, -0.25) is 9.00 Å². The Balaban J connectivity index is 1.70. The van der Waals surface area contributed by atoms with Crippen LogP contribution >= 0.6 is 11.3 Å². The van der Waals surface area contributed by atoms with Crippen molar-refractivity contribution in [3.63, 3.8) is 0 Å². The van der Waals surface area contributed by atoms with E-state index in [1.807, 2.05) is 65.4 Å². The summed E-state index contributed by atoms with van der Waals surface area (Å²) in [5.74, 6) is 0.291. The lowest BCUT2D eigenvalue weighted by Gasteiger charge is -2.07. The third-order valence-electron chi connectivity index (χ3n) is 3.27. The smallest absolute Gasteiger partial charge is 0.256 e. The van der Waals surface area contributed by atoms with Crippen LogP contribution in [-0.4, -0.2) is 10.1 Å². The number of thiophene rings is 1. The van der Waals surface area contributed by atoms with Crippen LogP contribution in [0.25, 0.3) is 0 Å². The minimum atomic E-state index is -1.10. The number of rotatable bonds is 5. The predicted octanol–water partition coefficient (Wildman–Crippen LogP) is 4.31. The number of nitrogens with one attached hydrogen (secondary N) is 1. The molecule has 1 N–H and O–H groups in total. The van der Waals surface area contributed by atoms with Crippen LogP contribution in [-0.2, 0) is 16.6 Å². The van der Waals surface area contributed by atoms with Crippen molar-refractivity contribution in [2.45, 2.75) is 10.6 Å². The molecule has 3 rings (SSSR count). The Kier molecular flexibility index (Phi) is 5.00. The summed E-state index contributed by atoms with van der Waals surface area (Å²) >= 11 is 1.49. The summed E-state index contributed by atoms with van der Waals surface area (Å²) < 4.78 is 12.4. The highest BCUT2D eigenvalue weighted by atomic mass is 32.2. The van der Waals surface area contributed by atoms with Crippen LogP contribution in [0.3, 0.4) is 0 Å². The minimum Gasteiger partial charge on any atom is -0.322 e. The van der Waals surface area contributed by atoms with Crippen molar-refractivity contribution >= 4 is 33.7 Å². The summed E-state index contributed by atoms with van der Waals surface area (Å²) in [6.07, 6.45) is 0. The Labute approximate surface area is 141 Å². The van der Waals surface area contributed by atoms with Crippen LogP contribution in [0.5, 0.6) is 0 Å². The van der Waals surface area contributed by atoms with Gasteiger partial charge in [0.1, 0.15) is 0 Å². The Hall–Kier alpha value is -2.24. The number of carbonyl (C=O) groups is 1. The lowest BCUT2D eigenvalue weighted by atomic mass is 10.2. The van der Waals surface area contributed by atoms with Crippen LogP contribution in [0.4, 0.5) is 5.69 Å². The maximum absolute atomic E-state index is 12.4. The third-order valence-corrected chi connectivity index (χ3v) is 5.35. The molecule has 0 radical (unpaired) electrons. The minimum absolute atomic E-state index is 0.132. The van der Waals surface area contributed by atoms with Crippen molar-refractivity contribution in [3.05, 3.63) is 82.6 Å². The standard InChI is InChI=1S/C18H15NO2S2/c20-18(15-9-10-22-12-15)19-16-6-4-5-14(11-16)13-23(21)17-7-2-1-3-8-17/h1-12H,13H2,(H,19,20). The van der Waals surface area contributed by atoms with Gasteiger partial charge in [-0.05, 0) is 41.3 Å². The molecule has 5 heteroatoms. The molecular weight excluding hydrogens is 326 g/mol. The van der Waals surface area contributed by atoms with Crippen LogP contribution in [0.2, 0.25) is 0 Å². The molecule has 1 atom stereocenters. The first-order valence-electron chi connectivity index (χ1n) is 7.08. The van der Waals surface area contributed by atoms with Crippen LogP contribution < -0.4 is 5.32 Å². The van der Waals surface area contributed by atoms with Crippen molar-refractivity contribution in [1.82, 2.24) is 0 Å². The lowest BCUT2D eigenvalue weighted by Crippen LogP contribution is -2.11. The van der Waals surface area contributed by atoms with E-state index in [1.54, 1.807) is 6.07 Å². The molecule has 0 aliphatic heterocycles. The summed E-state index contributed by atoms with van der Waals surface area (Å²) in [4.78, 5) is 12.9. The molecule has 3 nitrogen and oxygen atoms in total. The van der Waals surface area contributed by atoms with E-state index in [9.17, 15) is 9.00 Å². The maximum Gasteiger partial charge on any atom is 0.256 e. The van der Waals surface area contributed by atoms with Crippen molar-refractivity contribution < 1.29 is 9.00 Å². The van der Waals surface area contributed by atoms with Gasteiger partial charge >= 0.3 is 0 Å². The van der Waals surface area contributed by atoms with Crippen LogP contribution in [0.1, 0.15) is 15.9 Å². The van der Waals surface area contributed by atoms with Gasteiger partial charge in [0.25, 0.3) is 5.91 Å². The molecule has 116 valence electrons. The quantitative estimate of drug-likeness (QED) is 0.752. The SMILES string of the molecule is O=C(Nc1cccc(CS(=O)c2ccccc2)c1)c1ccsc1. The molecule has 0 saturated carbocycles. The molecule has 1 amide bonds. The lowest BCUT2D eigenvalue weighted by molar-refractivity contribution is 0.102. The van der Waals surface area contributed by atoms with E-state index >= 15 is 0 Å². The maximum atomic E-state index is 12.4. The topological polar surface area (TPSA) is 46.2 Å². The first kappa shape index (κ1) is 15.6. The molecule has 1 aromatic heterocycles. The van der Waals surface area contributed by atoms with Gasteiger partial charge in [-0.15, -0.1) is 0 Å². The van der Waals surface area contributed by atoms with Crippen molar-refractivity contribution in [2.75, 3.05) is 5.32 Å². The van der Waals surface area contributed by atoms with Gasteiger partial charge in [-0.2, -0.15) is 11.3 Å². The van der Waals surface area contributed by atoms with E-state index in [0.717, 1.165) is 10.5 Å². The fourth-order valence-corrected chi connectivity index (χ4v) is 3.89. The Morgan fingerprint density at radius 1 is 1.04 bits per heavy atom. The number of benzene rings is 2. The highest BCUT2D eigenvalue weighted by Gasteiger charge is 2.08. The molecule has 0 aliphatic carbocycles. The normalized spacial score (nSPS) is 11.8. The molecule has 1 heterocycles. The third kappa shape index (κ3) is 4.15. The number of anilines is 1. The van der Waals surface area contributed by atoms with Gasteiger partial charge in [0, 0.05) is 16.0 Å². The van der Waals surface area contributed by atoms with Crippen molar-refractivity contribution in [1.29, 1.82) is 0 Å². The molecule has 23 heavy (non-hydrogen) atoms. The molecule has 3 aromatic rings. The van der Waals surface area contributed by atoms with Crippen molar-refractivity contribution in [2.24, 2.45) is 0 Å². The molecular formula is C18H15NO2S2. The zero-order valence-electron chi connectivity index (χ0n) is 12.3. The van der Waals surface area contributed by atoms with E-state index in [0.29, 0.717) is 17.0 Å². The van der Waals surface area contributed by atoms with Gasteiger partial charge in [-0.1, -0.05) is 30.3 Å². The number of hydrogen-bond donors (Lipinski definition) is 1. The molecule has 1 unspecified atom stereocenters. The predicted molar refractivity (Wildman–Crippen MR) is 95.3 cm³/mol. The zero-order chi connectivity index (χ0) is 16.1. The second-order valence-corrected chi connectivity index (χ2v) is 7.20. The van der Waals surface area contributed by atoms with Gasteiger partial charge in [-0.25, -0.2) is 0 Å². The highest BCUT2D eigenvalue weighted by molar-refractivity contribution is 7.84. The first-order valence-corrected chi connectivity index (χ1v) is 9.34. The summed E-state index contributed by atoms with van der Waals surface area (Å²) in [6.45, 7) is 0. The average molecular weight is 341 g/mol. The van der Waals surface area contributed by atoms with E-state index in [-0.39, 0.29) is 5.91 Å². The number of amides is 1. The summed E-state index contributed by atoms with van der Waals surface area (Å²) in [5.41, 5.74) is 2.28. The highest BCUT2D eigenvalue weighted by Crippen LogP contribution is 2.17. The van der Waals surface area contributed by atoms with Gasteiger partial charge in [0.2, 0.25) is 0 Å². The second kappa shape index (κ2) is 7.35. The average Bonchev–Trinajstić information content (AvgIpc) is 3.10. The Bertz CT molecular complexity index is 814. The largest absolute Gasteiger partial charge is 0.322 e. The van der Waals surface area contributed by atoms with E-state index in [2.05, 4.69) is 5.32 Å². The molecule has 0 saturated heterocycles. The fourth-order valence-electron chi connectivity index (χ4n) is 2.14. The Morgan fingerprint density at radius 2 is 1.87 bits per heavy atom.